The molecule has 0 aromatic heterocycles. The fourth-order valence-electron chi connectivity index (χ4n) is 7.07. The number of thioether (sulfide) groups is 1. The van der Waals surface area contributed by atoms with Crippen LogP contribution in [0.1, 0.15) is 28.8 Å². The lowest BCUT2D eigenvalue weighted by Crippen LogP contribution is -2.46. The van der Waals surface area contributed by atoms with Gasteiger partial charge in [-0.3, -0.25) is 29.9 Å². The molecule has 6 rings (SSSR count). The summed E-state index contributed by atoms with van der Waals surface area (Å²) in [6, 6.07) is 33.7. The quantitative estimate of drug-likeness (QED) is 0.0493. The van der Waals surface area contributed by atoms with Gasteiger partial charge in [0.25, 0.3) is 15.9 Å². The zero-order valence-corrected chi connectivity index (χ0v) is 35.6. The smallest absolute Gasteiger partial charge is 0.370 e. The Kier molecular flexibility index (Phi) is 14.8. The standard InChI is InChI=1S/C43H46ClN7O7S2/c1-47(2)24-8-10-35(30-59-37-11-4-3-5-12-37)45-39-22-23-40(42(51(55)56)41(39)50(53)54)60(57,58)46-43(52)32-16-20-36(21-17-32)49-27-25-48(26-28-49)29-33-9-6-7-13-38(33)31-14-18-34(44)19-15-31/h3-7,9,11-23,35,45H,8,10,24-30H2,1-2H3,(H,46,52)/t35-/m1/s1. The van der Waals surface area contributed by atoms with Crippen molar-refractivity contribution in [1.82, 2.24) is 14.5 Å². The molecule has 14 nitrogen and oxygen atoms in total. The molecule has 1 heterocycles. The first-order valence-corrected chi connectivity index (χ1v) is 22.2. The van der Waals surface area contributed by atoms with Crippen LogP contribution in [0.2, 0.25) is 5.02 Å². The molecule has 17 heteroatoms. The van der Waals surface area contributed by atoms with Crippen LogP contribution in [0.4, 0.5) is 22.7 Å². The number of amides is 1. The number of hydrogen-bond donors (Lipinski definition) is 2. The van der Waals surface area contributed by atoms with E-state index >= 15 is 0 Å². The highest BCUT2D eigenvalue weighted by Gasteiger charge is 2.39. The largest absolute Gasteiger partial charge is 0.376 e. The van der Waals surface area contributed by atoms with Gasteiger partial charge in [0.05, 0.1) is 9.85 Å². The molecule has 5 aromatic rings. The summed E-state index contributed by atoms with van der Waals surface area (Å²) in [4.78, 5) is 42.6. The lowest BCUT2D eigenvalue weighted by molar-refractivity contribution is -0.423. The van der Waals surface area contributed by atoms with Gasteiger partial charge in [-0.1, -0.05) is 66.2 Å². The van der Waals surface area contributed by atoms with E-state index in [4.69, 9.17) is 11.6 Å². The first-order valence-electron chi connectivity index (χ1n) is 19.3. The number of anilines is 2. The Balaban J connectivity index is 1.12. The van der Waals surface area contributed by atoms with Crippen molar-refractivity contribution in [3.8, 4) is 11.1 Å². The number of nitro benzene ring substituents is 2. The Morgan fingerprint density at radius 1 is 0.833 bits per heavy atom. The van der Waals surface area contributed by atoms with Crippen molar-refractivity contribution in [2.45, 2.75) is 35.2 Å². The second-order valence-corrected chi connectivity index (χ2v) is 17.8. The molecule has 60 heavy (non-hydrogen) atoms. The van der Waals surface area contributed by atoms with Crippen molar-refractivity contribution < 1.29 is 23.1 Å². The maximum Gasteiger partial charge on any atom is 0.370 e. The molecule has 0 saturated carbocycles. The van der Waals surface area contributed by atoms with Crippen LogP contribution in [0.15, 0.2) is 125 Å². The van der Waals surface area contributed by atoms with Crippen molar-refractivity contribution in [1.29, 1.82) is 0 Å². The minimum absolute atomic E-state index is 0.00770. The second kappa shape index (κ2) is 20.2. The molecule has 314 valence electrons. The minimum atomic E-state index is -4.94. The highest BCUT2D eigenvalue weighted by atomic mass is 35.5. The van der Waals surface area contributed by atoms with Crippen LogP contribution in [0.5, 0.6) is 0 Å². The average Bonchev–Trinajstić information content (AvgIpc) is 3.23. The molecule has 0 radical (unpaired) electrons. The second-order valence-electron chi connectivity index (χ2n) is 14.6. The third-order valence-electron chi connectivity index (χ3n) is 10.1. The number of nitrogens with one attached hydrogen (secondary N) is 2. The number of sulfonamides is 1. The molecule has 1 atom stereocenters. The topological polar surface area (TPSA) is 171 Å². The van der Waals surface area contributed by atoms with E-state index in [0.29, 0.717) is 17.2 Å². The van der Waals surface area contributed by atoms with Gasteiger partial charge in [0, 0.05) is 65.7 Å². The molecule has 0 bridgehead atoms. The Hall–Kier alpha value is -5.52. The summed E-state index contributed by atoms with van der Waals surface area (Å²) in [5.74, 6) is -0.558. The lowest BCUT2D eigenvalue weighted by atomic mass is 9.99. The SMILES string of the molecule is CN(C)CCC[C@H](CSc1ccccc1)Nc1ccc(S(=O)(=O)NC(=O)c2ccc(N3CCN(Cc4ccccc4-c4ccc(Cl)cc4)CC3)cc2)c([N+](=O)[O-])c1[N+](=O)[O-]. The third-order valence-corrected chi connectivity index (χ3v) is 12.9. The number of carbonyl (C=O) groups is 1. The van der Waals surface area contributed by atoms with E-state index in [1.165, 1.54) is 29.5 Å². The molecule has 1 amide bonds. The Bertz CT molecular complexity index is 2400. The van der Waals surface area contributed by atoms with E-state index in [1.807, 2.05) is 90.4 Å². The summed E-state index contributed by atoms with van der Waals surface area (Å²) >= 11 is 7.63. The van der Waals surface area contributed by atoms with Gasteiger partial charge in [-0.05, 0) is 111 Å². The van der Waals surface area contributed by atoms with Crippen LogP contribution in [-0.2, 0) is 16.6 Å². The first-order chi connectivity index (χ1) is 28.8. The summed E-state index contributed by atoms with van der Waals surface area (Å²) in [6.45, 7) is 4.54. The van der Waals surface area contributed by atoms with Gasteiger partial charge in [0.15, 0.2) is 4.90 Å². The summed E-state index contributed by atoms with van der Waals surface area (Å²) in [6.07, 6.45) is 1.31. The van der Waals surface area contributed by atoms with Crippen LogP contribution in [0.3, 0.4) is 0 Å². The van der Waals surface area contributed by atoms with Crippen molar-refractivity contribution in [2.75, 3.05) is 62.8 Å². The Morgan fingerprint density at radius 3 is 2.13 bits per heavy atom. The first kappa shape index (κ1) is 44.0. The van der Waals surface area contributed by atoms with E-state index in [2.05, 4.69) is 27.2 Å². The molecule has 5 aromatic carbocycles. The molecule has 1 saturated heterocycles. The highest BCUT2D eigenvalue weighted by Crippen LogP contribution is 2.41. The van der Waals surface area contributed by atoms with Crippen molar-refractivity contribution in [3.05, 3.63) is 152 Å². The number of nitrogens with zero attached hydrogens (tertiary/aromatic N) is 5. The Morgan fingerprint density at radius 2 is 1.48 bits per heavy atom. The van der Waals surface area contributed by atoms with E-state index < -0.39 is 42.0 Å². The van der Waals surface area contributed by atoms with Crippen LogP contribution < -0.4 is 14.9 Å². The van der Waals surface area contributed by atoms with Gasteiger partial charge in [-0.15, -0.1) is 11.8 Å². The van der Waals surface area contributed by atoms with Gasteiger partial charge in [0.2, 0.25) is 0 Å². The predicted octanol–water partition coefficient (Wildman–Crippen LogP) is 8.18. The van der Waals surface area contributed by atoms with Gasteiger partial charge >= 0.3 is 11.4 Å². The number of hydrogen-bond acceptors (Lipinski definition) is 12. The van der Waals surface area contributed by atoms with Gasteiger partial charge in [0.1, 0.15) is 5.69 Å². The predicted molar refractivity (Wildman–Crippen MR) is 238 cm³/mol. The normalized spacial score (nSPS) is 13.8. The van der Waals surface area contributed by atoms with Crippen LogP contribution in [0, 0.1) is 20.2 Å². The van der Waals surface area contributed by atoms with E-state index in [-0.39, 0.29) is 17.3 Å². The molecule has 0 unspecified atom stereocenters. The van der Waals surface area contributed by atoms with Crippen molar-refractivity contribution >= 4 is 62.0 Å². The monoisotopic (exact) mass is 871 g/mol. The highest BCUT2D eigenvalue weighted by molar-refractivity contribution is 7.99. The fraction of sp³-hybridized carbons (Fsp3) is 0.279. The average molecular weight is 872 g/mol. The zero-order valence-electron chi connectivity index (χ0n) is 33.2. The van der Waals surface area contributed by atoms with Gasteiger partial charge in [-0.25, -0.2) is 13.1 Å². The summed E-state index contributed by atoms with van der Waals surface area (Å²) in [5, 5.41) is 28.6. The third kappa shape index (κ3) is 11.4. The molecule has 1 aliphatic heterocycles. The number of nitro groups is 2. The maximum atomic E-state index is 13.6. The molecule has 0 spiro atoms. The lowest BCUT2D eigenvalue weighted by Gasteiger charge is -2.36. The van der Waals surface area contributed by atoms with Crippen molar-refractivity contribution in [3.63, 3.8) is 0 Å². The number of halogens is 1. The van der Waals surface area contributed by atoms with Gasteiger partial charge in [-0.2, -0.15) is 0 Å². The summed E-state index contributed by atoms with van der Waals surface area (Å²) < 4.78 is 29.1. The number of rotatable bonds is 18. The maximum absolute atomic E-state index is 13.6. The molecular formula is C43H46ClN7O7S2. The van der Waals surface area contributed by atoms with E-state index in [0.717, 1.165) is 79.5 Å². The fourth-order valence-corrected chi connectivity index (χ4v) is 9.34. The van der Waals surface area contributed by atoms with Crippen molar-refractivity contribution in [2.24, 2.45) is 0 Å². The van der Waals surface area contributed by atoms with Crippen LogP contribution in [0.25, 0.3) is 11.1 Å². The Labute approximate surface area is 358 Å². The molecule has 2 N–H and O–H groups in total. The molecular weight excluding hydrogens is 826 g/mol. The van der Waals surface area contributed by atoms with E-state index in [1.54, 1.807) is 12.1 Å². The minimum Gasteiger partial charge on any atom is -0.376 e. The number of piperazine rings is 1. The van der Waals surface area contributed by atoms with Crippen LogP contribution >= 0.6 is 23.4 Å². The number of benzene rings is 5. The summed E-state index contributed by atoms with van der Waals surface area (Å²) in [5.41, 5.74) is 1.85. The molecule has 1 aliphatic rings. The van der Waals surface area contributed by atoms with Crippen LogP contribution in [-0.4, -0.2) is 92.6 Å². The number of carbonyl (C=O) groups excluding carboxylic acids is 1. The zero-order chi connectivity index (χ0) is 42.8. The summed E-state index contributed by atoms with van der Waals surface area (Å²) in [7, 11) is -1.09. The van der Waals surface area contributed by atoms with E-state index in [9.17, 15) is 33.4 Å². The molecule has 0 aliphatic carbocycles. The van der Waals surface area contributed by atoms with Gasteiger partial charge < -0.3 is 15.1 Å². The molecule has 1 fully saturated rings.